The number of amides is 1. The smallest absolute Gasteiger partial charge is 0.414 e. The van der Waals surface area contributed by atoms with Crippen LogP contribution in [0.15, 0.2) is 48.5 Å². The number of hydrogen-bond donors (Lipinski definition) is 1. The standard InChI is InChI=1S/C20H20FN3O3/c1-20(2,3)27-19(26)23-18-22-15-6-4-5-7-16(15)24(18)17(25)12-13-8-10-14(21)11-9-13/h4-11H,12H2,1-3H3,(H,22,23,26). The van der Waals surface area contributed by atoms with Crippen molar-refractivity contribution in [3.05, 3.63) is 59.9 Å². The molecule has 0 radical (unpaired) electrons. The lowest BCUT2D eigenvalue weighted by molar-refractivity contribution is 0.0634. The Morgan fingerprint density at radius 3 is 2.44 bits per heavy atom. The van der Waals surface area contributed by atoms with Crippen molar-refractivity contribution in [1.82, 2.24) is 9.55 Å². The third-order valence-electron chi connectivity index (χ3n) is 3.69. The van der Waals surface area contributed by atoms with E-state index in [9.17, 15) is 14.0 Å². The molecule has 140 valence electrons. The molecule has 3 rings (SSSR count). The average Bonchev–Trinajstić information content (AvgIpc) is 2.92. The van der Waals surface area contributed by atoms with E-state index in [-0.39, 0.29) is 24.1 Å². The lowest BCUT2D eigenvalue weighted by Crippen LogP contribution is -2.29. The van der Waals surface area contributed by atoms with Crippen LogP contribution in [-0.2, 0) is 11.2 Å². The number of anilines is 1. The Morgan fingerprint density at radius 1 is 1.11 bits per heavy atom. The van der Waals surface area contributed by atoms with Crippen molar-refractivity contribution in [2.45, 2.75) is 32.8 Å². The first-order valence-corrected chi connectivity index (χ1v) is 8.48. The number of carbonyl (C=O) groups is 2. The first-order valence-electron chi connectivity index (χ1n) is 8.48. The molecule has 0 bridgehead atoms. The highest BCUT2D eigenvalue weighted by Crippen LogP contribution is 2.21. The van der Waals surface area contributed by atoms with Crippen LogP contribution in [-0.4, -0.2) is 27.2 Å². The fraction of sp³-hybridized carbons (Fsp3) is 0.250. The molecule has 0 aliphatic heterocycles. The molecule has 7 heteroatoms. The summed E-state index contributed by atoms with van der Waals surface area (Å²) in [5.74, 6) is -0.592. The van der Waals surface area contributed by atoms with Crippen LogP contribution in [0, 0.1) is 5.82 Å². The predicted molar refractivity (Wildman–Crippen MR) is 100 cm³/mol. The van der Waals surface area contributed by atoms with Crippen LogP contribution in [0.2, 0.25) is 0 Å². The van der Waals surface area contributed by atoms with Crippen LogP contribution >= 0.6 is 0 Å². The highest BCUT2D eigenvalue weighted by atomic mass is 19.1. The molecule has 3 aromatic rings. The maximum absolute atomic E-state index is 13.1. The Hall–Kier alpha value is -3.22. The second kappa shape index (κ2) is 7.19. The van der Waals surface area contributed by atoms with Crippen LogP contribution in [0.5, 0.6) is 0 Å². The van der Waals surface area contributed by atoms with E-state index in [4.69, 9.17) is 4.74 Å². The van der Waals surface area contributed by atoms with Gasteiger partial charge < -0.3 is 4.74 Å². The van der Waals surface area contributed by atoms with E-state index in [1.54, 1.807) is 57.2 Å². The molecule has 0 fully saturated rings. The number of rotatable bonds is 3. The average molecular weight is 369 g/mol. The van der Waals surface area contributed by atoms with E-state index >= 15 is 0 Å². The summed E-state index contributed by atoms with van der Waals surface area (Å²) in [5, 5.41) is 2.54. The summed E-state index contributed by atoms with van der Waals surface area (Å²) in [6.07, 6.45) is -0.669. The van der Waals surface area contributed by atoms with Crippen LogP contribution < -0.4 is 5.32 Å². The van der Waals surface area contributed by atoms with Crippen molar-refractivity contribution >= 4 is 29.0 Å². The van der Waals surface area contributed by atoms with Crippen LogP contribution in [0.1, 0.15) is 31.1 Å². The van der Waals surface area contributed by atoms with Gasteiger partial charge in [-0.2, -0.15) is 0 Å². The zero-order valence-electron chi connectivity index (χ0n) is 15.3. The fourth-order valence-electron chi connectivity index (χ4n) is 2.61. The minimum Gasteiger partial charge on any atom is -0.444 e. The fourth-order valence-corrected chi connectivity index (χ4v) is 2.61. The lowest BCUT2D eigenvalue weighted by Gasteiger charge is -2.19. The third kappa shape index (κ3) is 4.49. The lowest BCUT2D eigenvalue weighted by atomic mass is 10.1. The zero-order valence-corrected chi connectivity index (χ0v) is 15.3. The molecule has 0 unspecified atom stereocenters. The number of nitrogens with zero attached hydrogens (tertiary/aromatic N) is 2. The highest BCUT2D eigenvalue weighted by Gasteiger charge is 2.22. The van der Waals surface area contributed by atoms with Gasteiger partial charge in [0.2, 0.25) is 11.9 Å². The SMILES string of the molecule is CC(C)(C)OC(=O)Nc1nc2ccccc2n1C(=O)Cc1ccc(F)cc1. The first kappa shape index (κ1) is 18.6. The number of ether oxygens (including phenoxy) is 1. The Labute approximate surface area is 156 Å². The number of aromatic nitrogens is 2. The minimum absolute atomic E-state index is 0.0314. The van der Waals surface area contributed by atoms with Gasteiger partial charge in [0, 0.05) is 0 Å². The van der Waals surface area contributed by atoms with Gasteiger partial charge in [0.15, 0.2) is 0 Å². The Kier molecular flexibility index (Phi) is 4.94. The van der Waals surface area contributed by atoms with E-state index in [2.05, 4.69) is 10.3 Å². The molecule has 0 spiro atoms. The number of para-hydroxylation sites is 2. The Bertz CT molecular complexity index is 988. The summed E-state index contributed by atoms with van der Waals surface area (Å²) in [5.41, 5.74) is 1.10. The molecule has 0 atom stereocenters. The Balaban J connectivity index is 1.93. The summed E-state index contributed by atoms with van der Waals surface area (Å²) in [4.78, 5) is 29.4. The van der Waals surface area contributed by atoms with Gasteiger partial charge in [-0.05, 0) is 50.6 Å². The van der Waals surface area contributed by atoms with Crippen molar-refractivity contribution in [1.29, 1.82) is 0 Å². The normalized spacial score (nSPS) is 11.4. The van der Waals surface area contributed by atoms with Crippen LogP contribution in [0.25, 0.3) is 11.0 Å². The molecule has 2 aromatic carbocycles. The predicted octanol–water partition coefficient (Wildman–Crippen LogP) is 4.41. The number of imidazole rings is 1. The first-order chi connectivity index (χ1) is 12.7. The summed E-state index contributed by atoms with van der Waals surface area (Å²) in [6, 6.07) is 12.8. The molecule has 0 saturated carbocycles. The number of hydrogen-bond acceptors (Lipinski definition) is 4. The molecule has 0 saturated heterocycles. The van der Waals surface area contributed by atoms with E-state index in [0.29, 0.717) is 16.6 Å². The van der Waals surface area contributed by atoms with Crippen molar-refractivity contribution in [3.8, 4) is 0 Å². The molecule has 1 N–H and O–H groups in total. The van der Waals surface area contributed by atoms with Gasteiger partial charge in [-0.25, -0.2) is 18.7 Å². The molecule has 1 heterocycles. The zero-order chi connectivity index (χ0) is 19.6. The molecule has 1 aromatic heterocycles. The quantitative estimate of drug-likeness (QED) is 0.742. The molecular formula is C20H20FN3O3. The van der Waals surface area contributed by atoms with Crippen LogP contribution in [0.3, 0.4) is 0 Å². The van der Waals surface area contributed by atoms with Crippen molar-refractivity contribution in [2.75, 3.05) is 5.32 Å². The minimum atomic E-state index is -0.700. The van der Waals surface area contributed by atoms with Crippen molar-refractivity contribution in [2.24, 2.45) is 0 Å². The molecule has 6 nitrogen and oxygen atoms in total. The van der Waals surface area contributed by atoms with Gasteiger partial charge >= 0.3 is 6.09 Å². The molecule has 1 amide bonds. The van der Waals surface area contributed by atoms with Crippen LogP contribution in [0.4, 0.5) is 15.1 Å². The number of carbonyl (C=O) groups excluding carboxylic acids is 2. The van der Waals surface area contributed by atoms with Gasteiger partial charge in [-0.1, -0.05) is 24.3 Å². The maximum atomic E-state index is 13.1. The summed E-state index contributed by atoms with van der Waals surface area (Å²) >= 11 is 0. The van der Waals surface area contributed by atoms with Gasteiger partial charge in [0.1, 0.15) is 11.4 Å². The second-order valence-electron chi connectivity index (χ2n) is 7.08. The van der Waals surface area contributed by atoms with Gasteiger partial charge in [0.05, 0.1) is 17.5 Å². The molecule has 0 aliphatic carbocycles. The van der Waals surface area contributed by atoms with Crippen molar-refractivity contribution in [3.63, 3.8) is 0 Å². The molecule has 0 aliphatic rings. The highest BCUT2D eigenvalue weighted by molar-refractivity contribution is 5.97. The molecule has 27 heavy (non-hydrogen) atoms. The maximum Gasteiger partial charge on any atom is 0.414 e. The summed E-state index contributed by atoms with van der Waals surface area (Å²) < 4.78 is 19.7. The number of halogens is 1. The topological polar surface area (TPSA) is 73.2 Å². The number of fused-ring (bicyclic) bond motifs is 1. The Morgan fingerprint density at radius 2 is 1.78 bits per heavy atom. The van der Waals surface area contributed by atoms with E-state index in [1.165, 1.54) is 16.7 Å². The van der Waals surface area contributed by atoms with Gasteiger partial charge in [-0.3, -0.25) is 10.1 Å². The second-order valence-corrected chi connectivity index (χ2v) is 7.08. The third-order valence-corrected chi connectivity index (χ3v) is 3.69. The van der Waals surface area contributed by atoms with E-state index < -0.39 is 11.7 Å². The van der Waals surface area contributed by atoms with Gasteiger partial charge in [-0.15, -0.1) is 0 Å². The molecular weight excluding hydrogens is 349 g/mol. The largest absolute Gasteiger partial charge is 0.444 e. The van der Waals surface area contributed by atoms with E-state index in [0.717, 1.165) is 0 Å². The van der Waals surface area contributed by atoms with Gasteiger partial charge in [0.25, 0.3) is 0 Å². The number of nitrogens with one attached hydrogen (secondary N) is 1. The summed E-state index contributed by atoms with van der Waals surface area (Å²) in [6.45, 7) is 5.24. The van der Waals surface area contributed by atoms with Crippen molar-refractivity contribution < 1.29 is 18.7 Å². The summed E-state index contributed by atoms with van der Waals surface area (Å²) in [7, 11) is 0. The van der Waals surface area contributed by atoms with E-state index in [1.807, 2.05) is 0 Å². The monoisotopic (exact) mass is 369 g/mol. The number of benzene rings is 2.